The van der Waals surface area contributed by atoms with E-state index >= 15 is 0 Å². The molecule has 1 amide bonds. The Morgan fingerprint density at radius 1 is 1.04 bits per heavy atom. The number of nitrogens with zero attached hydrogens (tertiary/aromatic N) is 6. The fraction of sp³-hybridized carbons (Fsp3) is 0.324. The van der Waals surface area contributed by atoms with Gasteiger partial charge in [-0.2, -0.15) is 23.7 Å². The van der Waals surface area contributed by atoms with Gasteiger partial charge in [-0.15, -0.1) is 11.3 Å². The van der Waals surface area contributed by atoms with Gasteiger partial charge in [0.25, 0.3) is 0 Å². The summed E-state index contributed by atoms with van der Waals surface area (Å²) in [5, 5.41) is 41.4. The molecule has 5 rings (SSSR count). The Kier molecular flexibility index (Phi) is 15.4. The van der Waals surface area contributed by atoms with Crippen LogP contribution < -0.4 is 15.4 Å². The molecular formula is C37H35ClF3N7O6S2. The molecule has 294 valence electrons. The summed E-state index contributed by atoms with van der Waals surface area (Å²) in [6, 6.07) is 18.2. The van der Waals surface area contributed by atoms with Crippen LogP contribution >= 0.6 is 34.7 Å². The fourth-order valence-corrected chi connectivity index (χ4v) is 7.40. The zero-order valence-electron chi connectivity index (χ0n) is 29.8. The first-order valence-electron chi connectivity index (χ1n) is 16.9. The molecule has 2 aromatic heterocycles. The highest BCUT2D eigenvalue weighted by atomic mass is 35.5. The lowest BCUT2D eigenvalue weighted by atomic mass is 9.96. The van der Waals surface area contributed by atoms with Gasteiger partial charge in [-0.25, -0.2) is 19.6 Å². The molecule has 1 fully saturated rings. The lowest BCUT2D eigenvalue weighted by molar-refractivity contribution is -0.192. The van der Waals surface area contributed by atoms with Gasteiger partial charge in [-0.1, -0.05) is 47.6 Å². The van der Waals surface area contributed by atoms with E-state index in [0.29, 0.717) is 49.6 Å². The molecule has 3 heterocycles. The van der Waals surface area contributed by atoms with Crippen LogP contribution in [-0.4, -0.2) is 87.9 Å². The van der Waals surface area contributed by atoms with Crippen LogP contribution in [0, 0.1) is 22.7 Å². The second-order valence-corrected chi connectivity index (χ2v) is 14.3. The smallest absolute Gasteiger partial charge is 0.490 e. The minimum Gasteiger partial charge on any atom is -0.492 e. The van der Waals surface area contributed by atoms with Crippen molar-refractivity contribution < 1.29 is 42.5 Å². The summed E-state index contributed by atoms with van der Waals surface area (Å²) in [4.78, 5) is 45.9. The van der Waals surface area contributed by atoms with Gasteiger partial charge in [0.05, 0.1) is 17.8 Å². The number of amides is 1. The van der Waals surface area contributed by atoms with Crippen LogP contribution in [0.5, 0.6) is 5.75 Å². The molecule has 4 N–H and O–H groups in total. The molecule has 1 aliphatic rings. The van der Waals surface area contributed by atoms with Crippen LogP contribution in [0.1, 0.15) is 43.0 Å². The number of halogens is 4. The number of nitrogens with two attached hydrogens (primary N) is 1. The molecule has 1 saturated heterocycles. The lowest BCUT2D eigenvalue weighted by Crippen LogP contribution is -2.45. The first-order chi connectivity index (χ1) is 26.7. The average Bonchev–Trinajstić information content (AvgIpc) is 3.89. The minimum atomic E-state index is -5.08. The van der Waals surface area contributed by atoms with E-state index in [1.54, 1.807) is 24.3 Å². The van der Waals surface area contributed by atoms with E-state index in [0.717, 1.165) is 42.2 Å². The number of rotatable bonds is 14. The predicted octanol–water partition coefficient (Wildman–Crippen LogP) is 6.82. The van der Waals surface area contributed by atoms with Gasteiger partial charge in [0.1, 0.15) is 52.0 Å². The van der Waals surface area contributed by atoms with Crippen molar-refractivity contribution in [3.63, 3.8) is 0 Å². The van der Waals surface area contributed by atoms with Gasteiger partial charge < -0.3 is 30.5 Å². The number of aliphatic carboxylic acids is 2. The molecule has 19 heteroatoms. The van der Waals surface area contributed by atoms with E-state index in [-0.39, 0.29) is 32.0 Å². The van der Waals surface area contributed by atoms with E-state index in [1.165, 1.54) is 34.9 Å². The number of thioether (sulfide) groups is 1. The Morgan fingerprint density at radius 3 is 2.20 bits per heavy atom. The van der Waals surface area contributed by atoms with Crippen molar-refractivity contribution >= 4 is 58.4 Å². The lowest BCUT2D eigenvalue weighted by Gasteiger charge is -2.26. The molecule has 0 bridgehead atoms. The number of thiazole rings is 1. The highest BCUT2D eigenvalue weighted by Gasteiger charge is 2.38. The van der Waals surface area contributed by atoms with Crippen LogP contribution in [0.2, 0.25) is 5.02 Å². The molecule has 1 atom stereocenters. The quantitative estimate of drug-likeness (QED) is 0.112. The number of nitriles is 2. The van der Waals surface area contributed by atoms with Crippen LogP contribution in [0.3, 0.4) is 0 Å². The number of carbonyl (C=O) groups is 3. The third-order valence-corrected chi connectivity index (χ3v) is 10.5. The van der Waals surface area contributed by atoms with E-state index < -0.39 is 24.2 Å². The molecule has 0 aliphatic carbocycles. The van der Waals surface area contributed by atoms with Crippen molar-refractivity contribution in [3.05, 3.63) is 75.8 Å². The minimum absolute atomic E-state index is 0.0363. The Morgan fingerprint density at radius 2 is 1.64 bits per heavy atom. The standard InChI is InChI=1S/C35H34ClN7O4S2.C2HF3O2/c1-22(35(45)46)43(30(44)12-13-37)16-17-47-27-10-6-23(7-11-27)31-28(18-38)32(42-14-2-3-15-42)41-34(29(31)19-39)49-21-26-20-48-33(40-26)24-4-8-25(36)9-5-24;3-2(4,5)1(6)7/h4-11,20,22H,2-3,12-17,21,37H2,1H3,(H,45,46);(H,6,7)/t22-;/m0./s1. The largest absolute Gasteiger partial charge is 0.492 e. The zero-order chi connectivity index (χ0) is 41.0. The predicted molar refractivity (Wildman–Crippen MR) is 204 cm³/mol. The van der Waals surface area contributed by atoms with Gasteiger partial charge in [0.15, 0.2) is 0 Å². The van der Waals surface area contributed by atoms with Gasteiger partial charge in [-0.05, 0) is 49.6 Å². The van der Waals surface area contributed by atoms with Crippen molar-refractivity contribution in [2.45, 2.75) is 49.2 Å². The summed E-state index contributed by atoms with van der Waals surface area (Å²) in [5.74, 6) is -2.71. The Balaban J connectivity index is 0.000000908. The summed E-state index contributed by atoms with van der Waals surface area (Å²) in [7, 11) is 0. The van der Waals surface area contributed by atoms with Gasteiger partial charge in [0.2, 0.25) is 5.91 Å². The number of alkyl halides is 3. The second-order valence-electron chi connectivity index (χ2n) is 12.0. The first kappa shape index (κ1) is 43.3. The molecule has 0 radical (unpaired) electrons. The van der Waals surface area contributed by atoms with Crippen LogP contribution in [0.4, 0.5) is 19.0 Å². The maximum atomic E-state index is 12.5. The van der Waals surface area contributed by atoms with Gasteiger partial charge in [0, 0.05) is 53.3 Å². The summed E-state index contributed by atoms with van der Waals surface area (Å²) >= 11 is 8.99. The van der Waals surface area contributed by atoms with Crippen LogP contribution in [0.15, 0.2) is 58.9 Å². The topological polar surface area (TPSA) is 207 Å². The molecular weight excluding hydrogens is 795 g/mol. The number of ether oxygens (including phenoxy) is 1. The van der Waals surface area contributed by atoms with Crippen molar-refractivity contribution in [3.8, 4) is 39.6 Å². The first-order valence-corrected chi connectivity index (χ1v) is 19.1. The van der Waals surface area contributed by atoms with Crippen molar-refractivity contribution in [2.75, 3.05) is 37.7 Å². The molecule has 0 spiro atoms. The van der Waals surface area contributed by atoms with Crippen molar-refractivity contribution in [2.24, 2.45) is 5.73 Å². The number of carboxylic acids is 2. The monoisotopic (exact) mass is 829 g/mol. The number of pyridine rings is 1. The summed E-state index contributed by atoms with van der Waals surface area (Å²) in [6.45, 7) is 3.22. The van der Waals surface area contributed by atoms with Crippen molar-refractivity contribution in [1.82, 2.24) is 14.9 Å². The number of benzene rings is 2. The number of carboxylic acid groups (broad SMARTS) is 2. The molecule has 0 saturated carbocycles. The number of hydrogen-bond acceptors (Lipinski definition) is 12. The van der Waals surface area contributed by atoms with Crippen LogP contribution in [0.25, 0.3) is 21.7 Å². The SMILES string of the molecule is C[C@@H](C(=O)O)N(CCOc1ccc(-c2c(C#N)c(SCc3csc(-c4ccc(Cl)cc4)n3)nc(N3CCCC3)c2C#N)cc1)C(=O)CCN.O=C(O)C(F)(F)F. The molecule has 0 unspecified atom stereocenters. The van der Waals surface area contributed by atoms with E-state index in [1.807, 2.05) is 29.6 Å². The maximum Gasteiger partial charge on any atom is 0.490 e. The number of anilines is 1. The fourth-order valence-electron chi connectivity index (χ4n) is 5.47. The normalized spacial score (nSPS) is 12.8. The summed E-state index contributed by atoms with van der Waals surface area (Å²) < 4.78 is 37.6. The number of aromatic nitrogens is 2. The van der Waals surface area contributed by atoms with Gasteiger partial charge >= 0.3 is 18.1 Å². The van der Waals surface area contributed by atoms with Gasteiger partial charge in [-0.3, -0.25) is 4.79 Å². The number of carbonyl (C=O) groups excluding carboxylic acids is 1. The average molecular weight is 830 g/mol. The Hall–Kier alpha value is -5.40. The third-order valence-electron chi connectivity index (χ3n) is 8.26. The molecule has 13 nitrogen and oxygen atoms in total. The van der Waals surface area contributed by atoms with Crippen LogP contribution in [-0.2, 0) is 20.1 Å². The Bertz CT molecular complexity index is 2100. The second kappa shape index (κ2) is 20.0. The Labute approximate surface area is 333 Å². The maximum absolute atomic E-state index is 12.5. The third kappa shape index (κ3) is 11.3. The molecule has 2 aromatic carbocycles. The molecule has 56 heavy (non-hydrogen) atoms. The highest BCUT2D eigenvalue weighted by molar-refractivity contribution is 7.98. The zero-order valence-corrected chi connectivity index (χ0v) is 32.1. The summed E-state index contributed by atoms with van der Waals surface area (Å²) in [5.41, 5.74) is 9.14. The number of hydrogen-bond donors (Lipinski definition) is 3. The van der Waals surface area contributed by atoms with E-state index in [2.05, 4.69) is 17.0 Å². The summed E-state index contributed by atoms with van der Waals surface area (Å²) in [6.07, 6.45) is -3.07. The highest BCUT2D eigenvalue weighted by Crippen LogP contribution is 2.40. The van der Waals surface area contributed by atoms with Crippen molar-refractivity contribution in [1.29, 1.82) is 10.5 Å². The van der Waals surface area contributed by atoms with E-state index in [9.17, 15) is 38.4 Å². The molecule has 4 aromatic rings. The van der Waals surface area contributed by atoms with E-state index in [4.69, 9.17) is 41.9 Å². The molecule has 1 aliphatic heterocycles.